The molecule has 0 aliphatic carbocycles. The van der Waals surface area contributed by atoms with Crippen LogP contribution in [0.25, 0.3) is 6.08 Å². The van der Waals surface area contributed by atoms with Gasteiger partial charge in [-0.3, -0.25) is 19.5 Å². The number of hydrogen-bond acceptors (Lipinski definition) is 7. The van der Waals surface area contributed by atoms with Gasteiger partial charge in [0.2, 0.25) is 0 Å². The van der Waals surface area contributed by atoms with Crippen LogP contribution in [0.2, 0.25) is 0 Å². The number of carbonyl (C=O) groups is 3. The zero-order chi connectivity index (χ0) is 17.3. The van der Waals surface area contributed by atoms with Crippen molar-refractivity contribution < 1.29 is 53.8 Å². The topological polar surface area (TPSA) is 99.6 Å². The summed E-state index contributed by atoms with van der Waals surface area (Å²) < 4.78 is 4.86. The Kier molecular flexibility index (Phi) is 6.45. The van der Waals surface area contributed by atoms with Crippen LogP contribution in [-0.2, 0) is 19.1 Å². The van der Waals surface area contributed by atoms with E-state index in [2.05, 4.69) is 4.98 Å². The van der Waals surface area contributed by atoms with Crippen LogP contribution < -0.4 is 34.7 Å². The molecule has 1 atom stereocenters. The van der Waals surface area contributed by atoms with Crippen LogP contribution in [0.5, 0.6) is 0 Å². The van der Waals surface area contributed by atoms with Gasteiger partial charge in [0.25, 0.3) is 5.91 Å². The molecule has 2 aliphatic heterocycles. The van der Waals surface area contributed by atoms with E-state index in [0.717, 1.165) is 0 Å². The summed E-state index contributed by atoms with van der Waals surface area (Å²) in [5, 5.41) is 11.1. The number of fused-ring (bicyclic) bond motifs is 1. The molecule has 0 radical (unpaired) electrons. The van der Waals surface area contributed by atoms with Gasteiger partial charge in [0.1, 0.15) is 12.0 Å². The van der Waals surface area contributed by atoms with Crippen LogP contribution in [0.4, 0.5) is 0 Å². The molecule has 0 saturated carbocycles. The number of carboxylic acids is 1. The van der Waals surface area contributed by atoms with E-state index in [1.165, 1.54) is 23.6 Å². The van der Waals surface area contributed by atoms with E-state index in [-0.39, 0.29) is 41.9 Å². The Balaban J connectivity index is 0.00000225. The van der Waals surface area contributed by atoms with Crippen molar-refractivity contribution in [2.75, 3.05) is 12.4 Å². The molecule has 2 aliphatic rings. The summed E-state index contributed by atoms with van der Waals surface area (Å²) in [5.74, 6) is -2.03. The molecule has 0 unspecified atom stereocenters. The number of aromatic nitrogens is 1. The summed E-state index contributed by atoms with van der Waals surface area (Å²) in [4.78, 5) is 40.1. The SMILES string of the molecule is CC(=O)OCC1=C(C(=O)[O-])N2C(=O)/C(=C/c3ccccn3)[C@H]2SC1.[Na+]. The molecule has 0 N–H and O–H groups in total. The number of carbonyl (C=O) groups excluding carboxylic acids is 3. The van der Waals surface area contributed by atoms with Gasteiger partial charge in [-0.05, 0) is 18.2 Å². The first-order valence-electron chi connectivity index (χ1n) is 7.13. The number of β-lactam (4-membered cyclic amide) rings is 1. The van der Waals surface area contributed by atoms with Gasteiger partial charge in [-0.1, -0.05) is 6.07 Å². The van der Waals surface area contributed by atoms with Crippen molar-refractivity contribution in [1.82, 2.24) is 9.88 Å². The summed E-state index contributed by atoms with van der Waals surface area (Å²) in [6.07, 6.45) is 3.27. The average molecular weight is 368 g/mol. The summed E-state index contributed by atoms with van der Waals surface area (Å²) in [6, 6.07) is 5.33. The minimum Gasteiger partial charge on any atom is -0.543 e. The molecule has 9 heteroatoms. The van der Waals surface area contributed by atoms with Crippen molar-refractivity contribution in [2.45, 2.75) is 12.3 Å². The smallest absolute Gasteiger partial charge is 0.543 e. The number of nitrogens with zero attached hydrogens (tertiary/aromatic N) is 2. The van der Waals surface area contributed by atoms with Gasteiger partial charge in [-0.2, -0.15) is 0 Å². The van der Waals surface area contributed by atoms with Crippen molar-refractivity contribution >= 4 is 35.7 Å². The van der Waals surface area contributed by atoms with Crippen molar-refractivity contribution in [2.24, 2.45) is 0 Å². The number of hydrogen-bond donors (Lipinski definition) is 0. The third-order valence-corrected chi connectivity index (χ3v) is 4.89. The normalized spacial score (nSPS) is 20.5. The number of pyridine rings is 1. The van der Waals surface area contributed by atoms with Gasteiger partial charge in [-0.15, -0.1) is 11.8 Å². The maximum atomic E-state index is 12.4. The molecule has 1 saturated heterocycles. The molecule has 3 heterocycles. The van der Waals surface area contributed by atoms with Gasteiger partial charge >= 0.3 is 35.5 Å². The second-order valence-corrected chi connectivity index (χ2v) is 6.28. The van der Waals surface area contributed by atoms with Crippen LogP contribution >= 0.6 is 11.8 Å². The van der Waals surface area contributed by atoms with Crippen molar-refractivity contribution in [3.8, 4) is 0 Å². The van der Waals surface area contributed by atoms with Crippen LogP contribution in [0.15, 0.2) is 41.2 Å². The molecular weight excluding hydrogens is 355 g/mol. The van der Waals surface area contributed by atoms with Gasteiger partial charge in [0.15, 0.2) is 0 Å². The zero-order valence-electron chi connectivity index (χ0n) is 13.7. The number of aliphatic carboxylic acids is 1. The minimum atomic E-state index is -1.45. The Morgan fingerprint density at radius 1 is 1.48 bits per heavy atom. The molecule has 1 amide bonds. The van der Waals surface area contributed by atoms with Gasteiger partial charge in [0, 0.05) is 24.4 Å². The molecule has 124 valence electrons. The Morgan fingerprint density at radius 2 is 2.24 bits per heavy atom. The molecule has 25 heavy (non-hydrogen) atoms. The fourth-order valence-electron chi connectivity index (χ4n) is 2.52. The van der Waals surface area contributed by atoms with Crippen LogP contribution in [0.3, 0.4) is 0 Å². The van der Waals surface area contributed by atoms with Gasteiger partial charge in [0.05, 0.1) is 22.9 Å². The molecular formula is C16H13N2NaO5S. The van der Waals surface area contributed by atoms with Crippen LogP contribution in [0, 0.1) is 0 Å². The van der Waals surface area contributed by atoms with Crippen molar-refractivity contribution in [3.63, 3.8) is 0 Å². The Labute approximate surface area is 170 Å². The fraction of sp³-hybridized carbons (Fsp3) is 0.250. The first-order chi connectivity index (χ1) is 11.5. The molecule has 1 aromatic heterocycles. The monoisotopic (exact) mass is 368 g/mol. The second kappa shape index (κ2) is 8.18. The van der Waals surface area contributed by atoms with Crippen molar-refractivity contribution in [3.05, 3.63) is 46.9 Å². The van der Waals surface area contributed by atoms with Crippen LogP contribution in [-0.4, -0.2) is 45.5 Å². The number of rotatable bonds is 4. The summed E-state index contributed by atoms with van der Waals surface area (Å²) >= 11 is 1.39. The summed E-state index contributed by atoms with van der Waals surface area (Å²) in [5.41, 5.74) is 1.27. The number of carboxylic acid groups (broad SMARTS) is 1. The first kappa shape index (κ1) is 19.7. The van der Waals surface area contributed by atoms with Gasteiger partial charge < -0.3 is 14.6 Å². The number of amides is 1. The number of ether oxygens (including phenoxy) is 1. The van der Waals surface area contributed by atoms with E-state index in [1.54, 1.807) is 30.5 Å². The van der Waals surface area contributed by atoms with E-state index in [4.69, 9.17) is 4.74 Å². The molecule has 0 spiro atoms. The third kappa shape index (κ3) is 3.98. The molecule has 1 fully saturated rings. The van der Waals surface area contributed by atoms with Crippen molar-refractivity contribution in [1.29, 1.82) is 0 Å². The fourth-order valence-corrected chi connectivity index (χ4v) is 3.80. The number of esters is 1. The van der Waals surface area contributed by atoms with E-state index < -0.39 is 23.2 Å². The van der Waals surface area contributed by atoms with Crippen LogP contribution in [0.1, 0.15) is 12.6 Å². The molecule has 0 bridgehead atoms. The minimum absolute atomic E-state index is 0. The molecule has 7 nitrogen and oxygen atoms in total. The maximum Gasteiger partial charge on any atom is 1.00 e. The second-order valence-electron chi connectivity index (χ2n) is 5.21. The number of thioether (sulfide) groups is 1. The molecule has 1 aromatic rings. The third-order valence-electron chi connectivity index (χ3n) is 3.59. The Morgan fingerprint density at radius 3 is 2.84 bits per heavy atom. The largest absolute Gasteiger partial charge is 1.00 e. The van der Waals surface area contributed by atoms with E-state index >= 15 is 0 Å². The standard InChI is InChI=1S/C16H14N2O5S.Na/c1-9(19)23-7-10-8-24-15-12(6-11-4-2-3-5-17-11)14(20)18(15)13(10)16(21)22;/h2-6,15H,7-8H2,1H3,(H,21,22);/q;+1/p-1/b12-6-;/t15-;/m1./s1. The molecule has 0 aromatic carbocycles. The Hall–Kier alpha value is -1.61. The quantitative estimate of drug-likeness (QED) is 0.241. The van der Waals surface area contributed by atoms with Gasteiger partial charge in [-0.25, -0.2) is 0 Å². The predicted octanol–water partition coefficient (Wildman–Crippen LogP) is -3.05. The average Bonchev–Trinajstić information content (AvgIpc) is 2.57. The molecule has 3 rings (SSSR count). The first-order valence-corrected chi connectivity index (χ1v) is 8.18. The van der Waals surface area contributed by atoms with E-state index in [9.17, 15) is 19.5 Å². The predicted molar refractivity (Wildman–Crippen MR) is 84.0 cm³/mol. The Bertz CT molecular complexity index is 778. The van der Waals surface area contributed by atoms with E-state index in [1.807, 2.05) is 0 Å². The maximum absolute atomic E-state index is 12.4. The summed E-state index contributed by atoms with van der Waals surface area (Å²) in [7, 11) is 0. The zero-order valence-corrected chi connectivity index (χ0v) is 16.5. The van der Waals surface area contributed by atoms with E-state index in [0.29, 0.717) is 22.6 Å². The summed E-state index contributed by atoms with van der Waals surface area (Å²) in [6.45, 7) is 1.07.